The van der Waals surface area contributed by atoms with Gasteiger partial charge in [0.15, 0.2) is 9.84 Å². The van der Waals surface area contributed by atoms with Gasteiger partial charge in [-0.25, -0.2) is 8.42 Å². The first-order valence-corrected chi connectivity index (χ1v) is 9.27. The Morgan fingerprint density at radius 1 is 1.05 bits per heavy atom. The van der Waals surface area contributed by atoms with Crippen molar-refractivity contribution in [2.24, 2.45) is 11.3 Å². The maximum absolute atomic E-state index is 11.8. The van der Waals surface area contributed by atoms with Crippen molar-refractivity contribution in [1.29, 1.82) is 0 Å². The van der Waals surface area contributed by atoms with Crippen LogP contribution in [0.5, 0.6) is 0 Å². The molecule has 0 aromatic carbocycles. The molecule has 1 N–H and O–H groups in total. The predicted octanol–water partition coefficient (Wildman–Crippen LogP) is 3.00. The molecule has 0 amide bonds. The van der Waals surface area contributed by atoms with Gasteiger partial charge in [0, 0.05) is 18.8 Å². The molecule has 1 rings (SSSR count). The molecule has 19 heavy (non-hydrogen) atoms. The molecule has 1 saturated carbocycles. The van der Waals surface area contributed by atoms with Crippen LogP contribution in [0.25, 0.3) is 0 Å². The standard InChI is InChI=1S/C15H31NO2S/c1-14(2,3)12-9-7-8-10-13(12)16-11-15(4,5)19(6,17)18/h12-13,16H,7-11H2,1-6H3. The monoisotopic (exact) mass is 289 g/mol. The smallest absolute Gasteiger partial charge is 0.153 e. The SMILES string of the molecule is CC(C)(C)C1CCCCC1NCC(C)(C)S(C)(=O)=O. The minimum Gasteiger partial charge on any atom is -0.312 e. The molecule has 3 nitrogen and oxygen atoms in total. The first-order valence-electron chi connectivity index (χ1n) is 7.38. The van der Waals surface area contributed by atoms with Crippen LogP contribution in [-0.4, -0.2) is 32.0 Å². The average molecular weight is 289 g/mol. The summed E-state index contributed by atoms with van der Waals surface area (Å²) in [5.41, 5.74) is 0.285. The average Bonchev–Trinajstić information content (AvgIpc) is 2.24. The van der Waals surface area contributed by atoms with Crippen molar-refractivity contribution in [3.8, 4) is 0 Å². The van der Waals surface area contributed by atoms with Crippen molar-refractivity contribution in [3.63, 3.8) is 0 Å². The van der Waals surface area contributed by atoms with Crippen molar-refractivity contribution in [3.05, 3.63) is 0 Å². The van der Waals surface area contributed by atoms with Crippen LogP contribution >= 0.6 is 0 Å². The minimum atomic E-state index is -3.02. The van der Waals surface area contributed by atoms with E-state index < -0.39 is 14.6 Å². The molecule has 1 fully saturated rings. The molecule has 0 aromatic rings. The quantitative estimate of drug-likeness (QED) is 0.865. The van der Waals surface area contributed by atoms with Crippen molar-refractivity contribution >= 4 is 9.84 Å². The van der Waals surface area contributed by atoms with Crippen LogP contribution in [0, 0.1) is 11.3 Å². The van der Waals surface area contributed by atoms with Crippen molar-refractivity contribution in [2.75, 3.05) is 12.8 Å². The summed E-state index contributed by atoms with van der Waals surface area (Å²) in [7, 11) is -3.02. The number of hydrogen-bond donors (Lipinski definition) is 1. The van der Waals surface area contributed by atoms with Gasteiger partial charge < -0.3 is 5.32 Å². The lowest BCUT2D eigenvalue weighted by molar-refractivity contribution is 0.130. The minimum absolute atomic E-state index is 0.285. The van der Waals surface area contributed by atoms with Gasteiger partial charge in [0.2, 0.25) is 0 Å². The third-order valence-electron chi connectivity index (χ3n) is 4.67. The Morgan fingerprint density at radius 3 is 2.05 bits per heavy atom. The predicted molar refractivity (Wildman–Crippen MR) is 82.1 cm³/mol. The third kappa shape index (κ3) is 4.45. The molecule has 0 spiro atoms. The van der Waals surface area contributed by atoms with Crippen molar-refractivity contribution in [2.45, 2.75) is 71.1 Å². The van der Waals surface area contributed by atoms with Crippen LogP contribution in [-0.2, 0) is 9.84 Å². The van der Waals surface area contributed by atoms with Crippen LogP contribution in [0.2, 0.25) is 0 Å². The summed E-state index contributed by atoms with van der Waals surface area (Å²) in [5, 5.41) is 3.55. The Hall–Kier alpha value is -0.0900. The molecular formula is C15H31NO2S. The van der Waals surface area contributed by atoms with Crippen LogP contribution < -0.4 is 5.32 Å². The van der Waals surface area contributed by atoms with Crippen LogP contribution in [0.1, 0.15) is 60.3 Å². The normalized spacial score (nSPS) is 26.4. The van der Waals surface area contributed by atoms with Gasteiger partial charge in [-0.3, -0.25) is 0 Å². The third-order valence-corrected chi connectivity index (χ3v) is 6.82. The molecule has 2 unspecified atom stereocenters. The molecule has 114 valence electrons. The van der Waals surface area contributed by atoms with E-state index in [0.717, 1.165) is 0 Å². The lowest BCUT2D eigenvalue weighted by Crippen LogP contribution is -2.50. The maximum Gasteiger partial charge on any atom is 0.153 e. The highest BCUT2D eigenvalue weighted by molar-refractivity contribution is 7.92. The van der Waals surface area contributed by atoms with Gasteiger partial charge in [-0.05, 0) is 38.0 Å². The summed E-state index contributed by atoms with van der Waals surface area (Å²) >= 11 is 0. The van der Waals surface area contributed by atoms with Gasteiger partial charge in [0.25, 0.3) is 0 Å². The summed E-state index contributed by atoms with van der Waals surface area (Å²) in [6, 6.07) is 0.453. The highest BCUT2D eigenvalue weighted by Crippen LogP contribution is 2.38. The van der Waals surface area contributed by atoms with E-state index in [1.54, 1.807) is 0 Å². The molecule has 0 aromatic heterocycles. The van der Waals surface area contributed by atoms with Gasteiger partial charge in [-0.2, -0.15) is 0 Å². The van der Waals surface area contributed by atoms with Crippen LogP contribution in [0.15, 0.2) is 0 Å². The molecular weight excluding hydrogens is 258 g/mol. The molecule has 0 aliphatic heterocycles. The molecule has 4 heteroatoms. The summed E-state index contributed by atoms with van der Waals surface area (Å²) in [4.78, 5) is 0. The van der Waals surface area contributed by atoms with E-state index in [4.69, 9.17) is 0 Å². The number of hydrogen-bond acceptors (Lipinski definition) is 3. The van der Waals surface area contributed by atoms with E-state index in [-0.39, 0.29) is 5.41 Å². The second-order valence-corrected chi connectivity index (χ2v) is 10.4. The first-order chi connectivity index (χ1) is 8.45. The zero-order chi connectivity index (χ0) is 14.9. The summed E-state index contributed by atoms with van der Waals surface area (Å²) in [6.07, 6.45) is 6.30. The zero-order valence-electron chi connectivity index (χ0n) is 13.4. The van der Waals surface area contributed by atoms with Gasteiger partial charge in [-0.15, -0.1) is 0 Å². The fourth-order valence-corrected chi connectivity index (χ4v) is 3.27. The number of nitrogens with one attached hydrogen (secondary N) is 1. The molecule has 0 saturated heterocycles. The van der Waals surface area contributed by atoms with E-state index in [2.05, 4.69) is 26.1 Å². The van der Waals surface area contributed by atoms with E-state index in [0.29, 0.717) is 18.5 Å². The topological polar surface area (TPSA) is 46.2 Å². The lowest BCUT2D eigenvalue weighted by Gasteiger charge is -2.42. The number of sulfone groups is 1. The summed E-state index contributed by atoms with van der Waals surface area (Å²) in [6.45, 7) is 11.0. The Morgan fingerprint density at radius 2 is 1.58 bits per heavy atom. The molecule has 0 bridgehead atoms. The molecule has 0 heterocycles. The Balaban J connectivity index is 2.70. The molecule has 1 aliphatic rings. The largest absolute Gasteiger partial charge is 0.312 e. The molecule has 2 atom stereocenters. The Kier molecular flexibility index (Phi) is 5.11. The van der Waals surface area contributed by atoms with Gasteiger partial charge in [0.1, 0.15) is 0 Å². The molecule has 0 radical (unpaired) electrons. The zero-order valence-corrected chi connectivity index (χ0v) is 14.2. The summed E-state index contributed by atoms with van der Waals surface area (Å²) < 4.78 is 22.8. The van der Waals surface area contributed by atoms with Gasteiger partial charge in [-0.1, -0.05) is 33.6 Å². The molecule has 1 aliphatic carbocycles. The Bertz CT molecular complexity index is 393. The van der Waals surface area contributed by atoms with Crippen molar-refractivity contribution < 1.29 is 8.42 Å². The van der Waals surface area contributed by atoms with E-state index in [1.807, 2.05) is 13.8 Å². The van der Waals surface area contributed by atoms with Gasteiger partial charge in [0.05, 0.1) is 4.75 Å². The van der Waals surface area contributed by atoms with E-state index in [9.17, 15) is 8.42 Å². The Labute approximate surface area is 119 Å². The van der Waals surface area contributed by atoms with Crippen LogP contribution in [0.3, 0.4) is 0 Å². The van der Waals surface area contributed by atoms with E-state index in [1.165, 1.54) is 31.9 Å². The fourth-order valence-electron chi connectivity index (χ4n) is 2.92. The summed E-state index contributed by atoms with van der Waals surface area (Å²) in [5.74, 6) is 0.636. The number of rotatable bonds is 4. The fraction of sp³-hybridized carbons (Fsp3) is 1.00. The maximum atomic E-state index is 11.8. The highest BCUT2D eigenvalue weighted by Gasteiger charge is 2.36. The second kappa shape index (κ2) is 5.72. The highest BCUT2D eigenvalue weighted by atomic mass is 32.2. The van der Waals surface area contributed by atoms with Crippen molar-refractivity contribution in [1.82, 2.24) is 5.32 Å². The van der Waals surface area contributed by atoms with Crippen LogP contribution in [0.4, 0.5) is 0 Å². The first kappa shape index (κ1) is 17.0. The van der Waals surface area contributed by atoms with E-state index >= 15 is 0 Å². The lowest BCUT2D eigenvalue weighted by atomic mass is 9.69. The van der Waals surface area contributed by atoms with Gasteiger partial charge >= 0.3 is 0 Å². The second-order valence-electron chi connectivity index (χ2n) is 7.78.